The second-order valence-electron chi connectivity index (χ2n) is 5.55. The van der Waals surface area contributed by atoms with Crippen molar-refractivity contribution in [2.45, 2.75) is 6.92 Å². The van der Waals surface area contributed by atoms with Crippen molar-refractivity contribution in [2.24, 2.45) is 7.05 Å². The molecular formula is C17H16N6. The Balaban J connectivity index is 1.69. The first-order valence-corrected chi connectivity index (χ1v) is 7.35. The van der Waals surface area contributed by atoms with Crippen LogP contribution in [0, 0.1) is 6.92 Å². The Morgan fingerprint density at radius 1 is 1.13 bits per heavy atom. The highest BCUT2D eigenvalue weighted by Crippen LogP contribution is 2.26. The van der Waals surface area contributed by atoms with Gasteiger partial charge >= 0.3 is 0 Å². The lowest BCUT2D eigenvalue weighted by molar-refractivity contribution is 0.768. The lowest BCUT2D eigenvalue weighted by Gasteiger charge is -2.01. The van der Waals surface area contributed by atoms with E-state index in [1.165, 1.54) is 0 Å². The molecule has 0 bridgehead atoms. The molecule has 4 aromatic heterocycles. The second kappa shape index (κ2) is 5.24. The Bertz CT molecular complexity index is 982. The van der Waals surface area contributed by atoms with Gasteiger partial charge in [-0.05, 0) is 25.1 Å². The van der Waals surface area contributed by atoms with Crippen molar-refractivity contribution in [1.82, 2.24) is 24.7 Å². The summed E-state index contributed by atoms with van der Waals surface area (Å²) < 4.78 is 1.75. The molecular weight excluding hydrogens is 288 g/mol. The molecule has 4 aromatic rings. The van der Waals surface area contributed by atoms with Crippen LogP contribution < -0.4 is 5.32 Å². The van der Waals surface area contributed by atoms with Gasteiger partial charge in [-0.3, -0.25) is 9.67 Å². The van der Waals surface area contributed by atoms with Crippen molar-refractivity contribution in [3.8, 4) is 11.3 Å². The Kier molecular flexibility index (Phi) is 3.08. The number of pyridine rings is 2. The molecule has 0 aliphatic carbocycles. The third-order valence-corrected chi connectivity index (χ3v) is 3.69. The number of fused-ring (bicyclic) bond motifs is 1. The standard InChI is InChI=1S/C17H16N6/c1-11-5-12(3-4-18-11)15-6-13-8-19-17(7-16(13)22-15)21-14-9-20-23(2)10-14/h3-10,22H,1-2H3,(H,19,21). The highest BCUT2D eigenvalue weighted by atomic mass is 15.3. The van der Waals surface area contributed by atoms with Gasteiger partial charge in [-0.2, -0.15) is 5.10 Å². The fourth-order valence-electron chi connectivity index (χ4n) is 2.60. The Labute approximate surface area is 133 Å². The first-order valence-electron chi connectivity index (χ1n) is 7.35. The largest absolute Gasteiger partial charge is 0.354 e. The zero-order valence-corrected chi connectivity index (χ0v) is 12.9. The molecule has 0 aromatic carbocycles. The van der Waals surface area contributed by atoms with Gasteiger partial charge in [0.05, 0.1) is 17.4 Å². The van der Waals surface area contributed by atoms with Crippen LogP contribution in [0.1, 0.15) is 5.69 Å². The van der Waals surface area contributed by atoms with Crippen LogP contribution in [0.3, 0.4) is 0 Å². The van der Waals surface area contributed by atoms with Crippen LogP contribution in [0.2, 0.25) is 0 Å². The van der Waals surface area contributed by atoms with Crippen LogP contribution in [-0.4, -0.2) is 24.7 Å². The monoisotopic (exact) mass is 304 g/mol. The minimum atomic E-state index is 0.782. The number of hydrogen-bond donors (Lipinski definition) is 2. The van der Waals surface area contributed by atoms with Crippen molar-refractivity contribution in [1.29, 1.82) is 0 Å². The second-order valence-corrected chi connectivity index (χ2v) is 5.55. The van der Waals surface area contributed by atoms with Gasteiger partial charge in [-0.1, -0.05) is 0 Å². The molecule has 114 valence electrons. The van der Waals surface area contributed by atoms with Gasteiger partial charge in [0.25, 0.3) is 0 Å². The Morgan fingerprint density at radius 2 is 2.04 bits per heavy atom. The molecule has 0 amide bonds. The number of anilines is 2. The molecule has 0 radical (unpaired) electrons. The summed E-state index contributed by atoms with van der Waals surface area (Å²) in [5.41, 5.74) is 5.13. The van der Waals surface area contributed by atoms with E-state index in [1.54, 1.807) is 10.9 Å². The van der Waals surface area contributed by atoms with E-state index in [2.05, 4.69) is 37.5 Å². The van der Waals surface area contributed by atoms with Crippen LogP contribution in [0.5, 0.6) is 0 Å². The fraction of sp³-hybridized carbons (Fsp3) is 0.118. The maximum absolute atomic E-state index is 4.46. The number of aryl methyl sites for hydroxylation is 2. The molecule has 0 aliphatic rings. The number of nitrogens with zero attached hydrogens (tertiary/aromatic N) is 4. The van der Waals surface area contributed by atoms with E-state index in [-0.39, 0.29) is 0 Å². The third kappa shape index (κ3) is 2.66. The zero-order valence-electron chi connectivity index (χ0n) is 12.9. The summed E-state index contributed by atoms with van der Waals surface area (Å²) in [7, 11) is 1.88. The normalized spacial score (nSPS) is 11.0. The molecule has 23 heavy (non-hydrogen) atoms. The summed E-state index contributed by atoms with van der Waals surface area (Å²) in [6.45, 7) is 1.99. The zero-order chi connectivity index (χ0) is 15.8. The smallest absolute Gasteiger partial charge is 0.132 e. The molecule has 6 heteroatoms. The van der Waals surface area contributed by atoms with Crippen molar-refractivity contribution >= 4 is 22.4 Å². The fourth-order valence-corrected chi connectivity index (χ4v) is 2.60. The number of rotatable bonds is 3. The molecule has 6 nitrogen and oxygen atoms in total. The predicted octanol–water partition coefficient (Wildman–Crippen LogP) is 3.41. The van der Waals surface area contributed by atoms with E-state index in [0.717, 1.165) is 39.4 Å². The molecule has 0 unspecified atom stereocenters. The summed E-state index contributed by atoms with van der Waals surface area (Å²) in [5, 5.41) is 8.47. The van der Waals surface area contributed by atoms with Gasteiger partial charge in [-0.15, -0.1) is 0 Å². The summed E-state index contributed by atoms with van der Waals surface area (Å²) in [5.74, 6) is 0.782. The summed E-state index contributed by atoms with van der Waals surface area (Å²) >= 11 is 0. The molecule has 0 saturated carbocycles. The van der Waals surface area contributed by atoms with E-state index < -0.39 is 0 Å². The molecule has 0 spiro atoms. The molecule has 2 N–H and O–H groups in total. The number of aromatic nitrogens is 5. The SMILES string of the molecule is Cc1cc(-c2cc3cnc(Nc4cnn(C)c4)cc3[nH]2)ccn1. The molecule has 0 saturated heterocycles. The number of H-pyrrole nitrogens is 1. The van der Waals surface area contributed by atoms with Gasteiger partial charge in [0.1, 0.15) is 5.82 Å². The number of nitrogens with one attached hydrogen (secondary N) is 2. The molecule has 0 fully saturated rings. The van der Waals surface area contributed by atoms with Gasteiger partial charge in [-0.25, -0.2) is 4.98 Å². The maximum Gasteiger partial charge on any atom is 0.132 e. The van der Waals surface area contributed by atoms with Crippen LogP contribution >= 0.6 is 0 Å². The molecule has 4 rings (SSSR count). The van der Waals surface area contributed by atoms with Crippen LogP contribution in [0.25, 0.3) is 22.2 Å². The summed E-state index contributed by atoms with van der Waals surface area (Å²) in [6.07, 6.45) is 7.36. The van der Waals surface area contributed by atoms with Crippen molar-refractivity contribution in [3.05, 3.63) is 54.7 Å². The lowest BCUT2D eigenvalue weighted by Crippen LogP contribution is -1.91. The van der Waals surface area contributed by atoms with E-state index in [4.69, 9.17) is 0 Å². The van der Waals surface area contributed by atoms with Crippen LogP contribution in [-0.2, 0) is 7.05 Å². The maximum atomic E-state index is 4.46. The summed E-state index contributed by atoms with van der Waals surface area (Å²) in [4.78, 5) is 12.1. The van der Waals surface area contributed by atoms with E-state index in [1.807, 2.05) is 44.7 Å². The summed E-state index contributed by atoms with van der Waals surface area (Å²) in [6, 6.07) is 8.16. The first-order chi connectivity index (χ1) is 11.2. The highest BCUT2D eigenvalue weighted by molar-refractivity contribution is 5.87. The highest BCUT2D eigenvalue weighted by Gasteiger charge is 2.06. The quantitative estimate of drug-likeness (QED) is 0.608. The molecule has 4 heterocycles. The molecule has 0 aliphatic heterocycles. The number of aromatic amines is 1. The minimum Gasteiger partial charge on any atom is -0.354 e. The Morgan fingerprint density at radius 3 is 2.83 bits per heavy atom. The van der Waals surface area contributed by atoms with Gasteiger partial charge in [0, 0.05) is 54.0 Å². The van der Waals surface area contributed by atoms with E-state index in [0.29, 0.717) is 0 Å². The van der Waals surface area contributed by atoms with Crippen molar-refractivity contribution in [3.63, 3.8) is 0 Å². The van der Waals surface area contributed by atoms with Crippen molar-refractivity contribution < 1.29 is 0 Å². The number of hydrogen-bond acceptors (Lipinski definition) is 4. The average Bonchev–Trinajstić information content (AvgIpc) is 3.13. The van der Waals surface area contributed by atoms with Gasteiger partial charge < -0.3 is 10.3 Å². The van der Waals surface area contributed by atoms with Crippen LogP contribution in [0.15, 0.2) is 49.1 Å². The van der Waals surface area contributed by atoms with Gasteiger partial charge in [0.2, 0.25) is 0 Å². The van der Waals surface area contributed by atoms with Crippen molar-refractivity contribution in [2.75, 3.05) is 5.32 Å². The lowest BCUT2D eigenvalue weighted by atomic mass is 10.2. The Hall–Kier alpha value is -3.15. The van der Waals surface area contributed by atoms with Gasteiger partial charge in [0.15, 0.2) is 0 Å². The van der Waals surface area contributed by atoms with E-state index in [9.17, 15) is 0 Å². The predicted molar refractivity (Wildman–Crippen MR) is 90.6 cm³/mol. The molecule has 0 atom stereocenters. The van der Waals surface area contributed by atoms with E-state index >= 15 is 0 Å². The third-order valence-electron chi connectivity index (χ3n) is 3.69. The van der Waals surface area contributed by atoms with Crippen LogP contribution in [0.4, 0.5) is 11.5 Å². The average molecular weight is 304 g/mol. The topological polar surface area (TPSA) is 71.4 Å². The first kappa shape index (κ1) is 13.5. The minimum absolute atomic E-state index is 0.782.